The van der Waals surface area contributed by atoms with Gasteiger partial charge in [0.25, 0.3) is 0 Å². The highest BCUT2D eigenvalue weighted by atomic mass is 16.5. The number of aliphatic hydroxyl groups is 1. The molecule has 148 valence electrons. The second-order valence-corrected chi connectivity index (χ2v) is 7.84. The van der Waals surface area contributed by atoms with E-state index in [0.29, 0.717) is 12.5 Å². The van der Waals surface area contributed by atoms with E-state index >= 15 is 0 Å². The summed E-state index contributed by atoms with van der Waals surface area (Å²) >= 11 is 0. The number of methoxy groups -OCH3 is 1. The van der Waals surface area contributed by atoms with Crippen LogP contribution in [0.5, 0.6) is 5.75 Å². The Bertz CT molecular complexity index is 791. The van der Waals surface area contributed by atoms with Gasteiger partial charge in [0.15, 0.2) is 0 Å². The summed E-state index contributed by atoms with van der Waals surface area (Å²) in [7, 11) is 1.67. The number of aromatic nitrogens is 1. The van der Waals surface area contributed by atoms with Gasteiger partial charge in [0, 0.05) is 24.4 Å². The number of aryl methyl sites for hydroxylation is 1. The smallest absolute Gasteiger partial charge is 0.139 e. The van der Waals surface area contributed by atoms with Crippen LogP contribution in [-0.2, 0) is 6.42 Å². The summed E-state index contributed by atoms with van der Waals surface area (Å²) in [5.74, 6) is 7.24. The summed E-state index contributed by atoms with van der Waals surface area (Å²) in [6, 6.07) is 12.6. The van der Waals surface area contributed by atoms with E-state index < -0.39 is 5.60 Å². The molecule has 3 atom stereocenters. The van der Waals surface area contributed by atoms with Gasteiger partial charge >= 0.3 is 0 Å². The summed E-state index contributed by atoms with van der Waals surface area (Å²) in [6.07, 6.45) is 8.89. The second-order valence-electron chi connectivity index (χ2n) is 7.84. The van der Waals surface area contributed by atoms with Crippen LogP contribution >= 0.6 is 0 Å². The van der Waals surface area contributed by atoms with Gasteiger partial charge in [0.05, 0.1) is 13.7 Å². The number of hydrogen-bond acceptors (Lipinski definition) is 3. The molecule has 0 amide bonds. The maximum absolute atomic E-state index is 10.7. The first-order chi connectivity index (χ1) is 13.6. The average molecular weight is 380 g/mol. The van der Waals surface area contributed by atoms with E-state index in [1.54, 1.807) is 7.11 Å². The highest BCUT2D eigenvalue weighted by Crippen LogP contribution is 2.19. The Morgan fingerprint density at radius 2 is 2.07 bits per heavy atom. The summed E-state index contributed by atoms with van der Waals surface area (Å²) in [5.41, 5.74) is 1.50. The average Bonchev–Trinajstić information content (AvgIpc) is 2.73. The van der Waals surface area contributed by atoms with Crippen LogP contribution in [0.2, 0.25) is 0 Å². The molecule has 0 radical (unpaired) electrons. The van der Waals surface area contributed by atoms with Crippen LogP contribution in [0.15, 0.2) is 48.8 Å². The molecule has 1 fully saturated rings. The lowest BCUT2D eigenvalue weighted by Gasteiger charge is -2.31. The fourth-order valence-corrected chi connectivity index (χ4v) is 3.87. The van der Waals surface area contributed by atoms with Crippen molar-refractivity contribution in [3.63, 3.8) is 0 Å². The van der Waals surface area contributed by atoms with Crippen LogP contribution in [0.4, 0.5) is 0 Å². The van der Waals surface area contributed by atoms with Crippen molar-refractivity contribution >= 4 is 0 Å². The molecule has 2 aromatic rings. The predicted molar refractivity (Wildman–Crippen MR) is 111 cm³/mol. The van der Waals surface area contributed by atoms with Gasteiger partial charge in [-0.15, -0.1) is 0 Å². The molecule has 1 aliphatic heterocycles. The van der Waals surface area contributed by atoms with E-state index in [1.807, 2.05) is 49.6 Å². The lowest BCUT2D eigenvalue weighted by molar-refractivity contribution is -0.930. The Balaban J connectivity index is 1.56. The molecule has 1 unspecified atom stereocenters. The van der Waals surface area contributed by atoms with Crippen molar-refractivity contribution in [2.24, 2.45) is 0 Å². The SMILES string of the molecule is COc1ccc(CC[C@](C)(O)C#CC[NH+]2CCCC[C@@H]2c2cccnc2)cc1. The third-order valence-electron chi connectivity index (χ3n) is 5.55. The molecule has 3 rings (SSSR count). The maximum Gasteiger partial charge on any atom is 0.139 e. The van der Waals surface area contributed by atoms with Gasteiger partial charge in [0.1, 0.15) is 23.9 Å². The van der Waals surface area contributed by atoms with E-state index in [4.69, 9.17) is 4.74 Å². The van der Waals surface area contributed by atoms with E-state index in [1.165, 1.54) is 35.3 Å². The molecule has 0 spiro atoms. The van der Waals surface area contributed by atoms with E-state index in [-0.39, 0.29) is 0 Å². The van der Waals surface area contributed by atoms with Gasteiger partial charge in [-0.25, -0.2) is 0 Å². The summed E-state index contributed by atoms with van der Waals surface area (Å²) < 4.78 is 5.19. The first-order valence-electron chi connectivity index (χ1n) is 10.2. The van der Waals surface area contributed by atoms with Crippen LogP contribution in [0.3, 0.4) is 0 Å². The molecule has 0 saturated carbocycles. The second kappa shape index (κ2) is 9.73. The van der Waals surface area contributed by atoms with Gasteiger partial charge in [-0.05, 0) is 62.3 Å². The fraction of sp³-hybridized carbons (Fsp3) is 0.458. The highest BCUT2D eigenvalue weighted by molar-refractivity contribution is 5.27. The predicted octanol–water partition coefficient (Wildman–Crippen LogP) is 2.59. The number of nitrogens with one attached hydrogen (secondary N) is 1. The number of benzene rings is 1. The van der Waals surface area contributed by atoms with Crippen molar-refractivity contribution in [1.82, 2.24) is 4.98 Å². The van der Waals surface area contributed by atoms with Crippen LogP contribution in [0, 0.1) is 11.8 Å². The third-order valence-corrected chi connectivity index (χ3v) is 5.55. The number of rotatable bonds is 6. The van der Waals surface area contributed by atoms with Gasteiger partial charge < -0.3 is 14.7 Å². The molecule has 1 aromatic heterocycles. The lowest BCUT2D eigenvalue weighted by atomic mass is 9.96. The molecule has 0 aliphatic carbocycles. The minimum atomic E-state index is -0.973. The Kier molecular flexibility index (Phi) is 7.08. The van der Waals surface area contributed by atoms with Crippen molar-refractivity contribution in [1.29, 1.82) is 0 Å². The Labute approximate surface area is 168 Å². The van der Waals surface area contributed by atoms with Crippen molar-refractivity contribution in [2.75, 3.05) is 20.2 Å². The summed E-state index contributed by atoms with van der Waals surface area (Å²) in [4.78, 5) is 5.76. The zero-order valence-corrected chi connectivity index (χ0v) is 16.9. The van der Waals surface area contributed by atoms with E-state index in [0.717, 1.165) is 25.3 Å². The monoisotopic (exact) mass is 379 g/mol. The van der Waals surface area contributed by atoms with Crippen molar-refractivity contribution < 1.29 is 14.7 Å². The summed E-state index contributed by atoms with van der Waals surface area (Å²) in [6.45, 7) is 3.70. The van der Waals surface area contributed by atoms with Crippen molar-refractivity contribution in [3.8, 4) is 17.6 Å². The van der Waals surface area contributed by atoms with Gasteiger partial charge in [-0.2, -0.15) is 0 Å². The number of hydrogen-bond donors (Lipinski definition) is 2. The van der Waals surface area contributed by atoms with Crippen LogP contribution < -0.4 is 9.64 Å². The molecule has 2 heterocycles. The van der Waals surface area contributed by atoms with Crippen LogP contribution in [0.1, 0.15) is 49.8 Å². The Morgan fingerprint density at radius 1 is 1.25 bits per heavy atom. The molecular weight excluding hydrogens is 348 g/mol. The number of nitrogens with zero attached hydrogens (tertiary/aromatic N) is 1. The zero-order valence-electron chi connectivity index (χ0n) is 16.9. The van der Waals surface area contributed by atoms with Crippen LogP contribution in [-0.4, -0.2) is 35.9 Å². The van der Waals surface area contributed by atoms with E-state index in [9.17, 15) is 5.11 Å². The Hall–Kier alpha value is -2.35. The maximum atomic E-state index is 10.7. The molecule has 4 heteroatoms. The Morgan fingerprint density at radius 3 is 2.79 bits per heavy atom. The minimum Gasteiger partial charge on any atom is -0.497 e. The normalized spacial score (nSPS) is 21.2. The minimum absolute atomic E-state index is 0.459. The van der Waals surface area contributed by atoms with Gasteiger partial charge in [0.2, 0.25) is 0 Å². The topological polar surface area (TPSA) is 46.8 Å². The van der Waals surface area contributed by atoms with Crippen molar-refractivity contribution in [3.05, 3.63) is 59.9 Å². The van der Waals surface area contributed by atoms with Gasteiger partial charge in [-0.3, -0.25) is 4.98 Å². The highest BCUT2D eigenvalue weighted by Gasteiger charge is 2.27. The number of piperidine rings is 1. The van der Waals surface area contributed by atoms with Crippen molar-refractivity contribution in [2.45, 2.75) is 50.7 Å². The largest absolute Gasteiger partial charge is 0.497 e. The first kappa shape index (κ1) is 20.4. The molecular formula is C24H31N2O2+. The summed E-state index contributed by atoms with van der Waals surface area (Å²) in [5, 5.41) is 10.7. The number of pyridine rings is 1. The molecule has 4 nitrogen and oxygen atoms in total. The fourth-order valence-electron chi connectivity index (χ4n) is 3.87. The third kappa shape index (κ3) is 5.82. The van der Waals surface area contributed by atoms with Gasteiger partial charge in [-0.1, -0.05) is 24.1 Å². The molecule has 1 aliphatic rings. The molecule has 1 saturated heterocycles. The number of quaternary nitrogens is 1. The molecule has 0 bridgehead atoms. The molecule has 1 aromatic carbocycles. The quantitative estimate of drug-likeness (QED) is 0.759. The number of ether oxygens (including phenoxy) is 1. The van der Waals surface area contributed by atoms with E-state index in [2.05, 4.69) is 22.9 Å². The van der Waals surface area contributed by atoms with Crippen LogP contribution in [0.25, 0.3) is 0 Å². The first-order valence-corrected chi connectivity index (χ1v) is 10.2. The molecule has 2 N–H and O–H groups in total. The lowest BCUT2D eigenvalue weighted by Crippen LogP contribution is -3.13. The molecule has 28 heavy (non-hydrogen) atoms. The zero-order chi connectivity index (χ0) is 19.8. The number of likely N-dealkylation sites (tertiary alicyclic amines) is 1. The standard InChI is InChI=1S/C24H30N2O2/c1-24(27,15-13-20-9-11-22(28-2)12-10-20)14-6-18-26-17-4-3-8-23(26)21-7-5-16-25-19-21/h5,7,9-12,16,19,23,27H,3-4,8,13,15,17-18H2,1-2H3/p+1/t23-,24-/m1/s1.